The average Bonchev–Trinajstić information content (AvgIpc) is 3.08. The summed E-state index contributed by atoms with van der Waals surface area (Å²) in [5.74, 6) is 1.54. The second-order valence-corrected chi connectivity index (χ2v) is 7.76. The van der Waals surface area contributed by atoms with E-state index in [4.69, 9.17) is 9.97 Å². The number of rotatable bonds is 8. The lowest BCUT2D eigenvalue weighted by atomic mass is 10.1. The third-order valence-corrected chi connectivity index (χ3v) is 5.45. The number of aryl methyl sites for hydroxylation is 4. The van der Waals surface area contributed by atoms with Gasteiger partial charge in [-0.1, -0.05) is 31.9 Å². The van der Waals surface area contributed by atoms with Gasteiger partial charge in [0.15, 0.2) is 17.0 Å². The van der Waals surface area contributed by atoms with E-state index in [9.17, 15) is 0 Å². The fourth-order valence-electron chi connectivity index (χ4n) is 4.13. The average molecular weight is 396 g/mol. The fourth-order valence-corrected chi connectivity index (χ4v) is 4.13. The molecular weight excluding hydrogens is 362 g/mol. The van der Waals surface area contributed by atoms with Crippen molar-refractivity contribution in [2.24, 2.45) is 0 Å². The zero-order valence-corrected chi connectivity index (χ0v) is 18.8. The fraction of sp³-hybridized carbons (Fsp3) is 0.591. The number of hydrogen-bond donors (Lipinski definition) is 0. The first-order valence-corrected chi connectivity index (χ1v) is 10.7. The molecule has 0 aliphatic rings. The first kappa shape index (κ1) is 21.1. The normalized spacial score (nSPS) is 12.5. The monoisotopic (exact) mass is 395 g/mol. The van der Waals surface area contributed by atoms with E-state index >= 15 is 0 Å². The molecule has 7 nitrogen and oxygen atoms in total. The molecule has 0 amide bonds. The van der Waals surface area contributed by atoms with E-state index in [1.54, 1.807) is 0 Å². The quantitative estimate of drug-likeness (QED) is 0.525. The van der Waals surface area contributed by atoms with Crippen molar-refractivity contribution in [2.75, 3.05) is 11.4 Å². The number of hydrogen-bond acceptors (Lipinski definition) is 6. The Morgan fingerprint density at radius 2 is 1.79 bits per heavy atom. The van der Waals surface area contributed by atoms with Gasteiger partial charge in [0.2, 0.25) is 0 Å². The zero-order valence-electron chi connectivity index (χ0n) is 18.8. The van der Waals surface area contributed by atoms with Crippen LogP contribution >= 0.6 is 0 Å². The standard InChI is InChI=1S/C22H33N7/c1-8-11-12-18(9-2)29-22-19(26-27-29)21(24-17(7)25-22)28(10-3)20-14(4)13-15(5)23-16(20)6/h13,18H,8-12H2,1-7H3. The van der Waals surface area contributed by atoms with Crippen LogP contribution in [-0.4, -0.2) is 36.5 Å². The SMILES string of the molecule is CCCCC(CC)n1nnc2c(N(CC)c3c(C)cc(C)nc3C)nc(C)nc21. The molecule has 0 radical (unpaired) electrons. The first-order valence-electron chi connectivity index (χ1n) is 10.7. The van der Waals surface area contributed by atoms with Crippen molar-refractivity contribution in [3.05, 3.63) is 28.8 Å². The van der Waals surface area contributed by atoms with Gasteiger partial charge in [-0.05, 0) is 59.1 Å². The Hall–Kier alpha value is -2.57. The lowest BCUT2D eigenvalue weighted by Gasteiger charge is -2.26. The highest BCUT2D eigenvalue weighted by atomic mass is 15.5. The number of aromatic nitrogens is 6. The molecule has 3 heterocycles. The predicted molar refractivity (Wildman–Crippen MR) is 118 cm³/mol. The molecule has 3 aromatic rings. The minimum Gasteiger partial charge on any atom is -0.323 e. The molecule has 0 N–H and O–H groups in total. The molecule has 0 spiro atoms. The maximum absolute atomic E-state index is 4.79. The van der Waals surface area contributed by atoms with Crippen LogP contribution in [0.2, 0.25) is 0 Å². The summed E-state index contributed by atoms with van der Waals surface area (Å²) >= 11 is 0. The summed E-state index contributed by atoms with van der Waals surface area (Å²) in [6, 6.07) is 2.42. The van der Waals surface area contributed by atoms with Crippen LogP contribution in [0.3, 0.4) is 0 Å². The Morgan fingerprint density at radius 1 is 1.03 bits per heavy atom. The van der Waals surface area contributed by atoms with Gasteiger partial charge < -0.3 is 4.90 Å². The van der Waals surface area contributed by atoms with Crippen molar-refractivity contribution >= 4 is 22.7 Å². The number of nitrogens with zero attached hydrogens (tertiary/aromatic N) is 7. The van der Waals surface area contributed by atoms with E-state index in [0.717, 1.165) is 59.3 Å². The highest BCUT2D eigenvalue weighted by Crippen LogP contribution is 2.34. The molecule has 0 fully saturated rings. The van der Waals surface area contributed by atoms with Crippen LogP contribution in [0, 0.1) is 27.7 Å². The molecule has 1 atom stereocenters. The molecule has 3 rings (SSSR count). The molecule has 0 saturated heterocycles. The van der Waals surface area contributed by atoms with Crippen molar-refractivity contribution < 1.29 is 0 Å². The van der Waals surface area contributed by atoms with Gasteiger partial charge in [-0.15, -0.1) is 5.10 Å². The number of unbranched alkanes of at least 4 members (excludes halogenated alkanes) is 1. The van der Waals surface area contributed by atoms with Gasteiger partial charge in [-0.3, -0.25) is 4.98 Å². The van der Waals surface area contributed by atoms with Crippen LogP contribution in [0.4, 0.5) is 11.5 Å². The lowest BCUT2D eigenvalue weighted by Crippen LogP contribution is -2.21. The minimum atomic E-state index is 0.307. The summed E-state index contributed by atoms with van der Waals surface area (Å²) in [4.78, 5) is 16.4. The lowest BCUT2D eigenvalue weighted by molar-refractivity contribution is 0.400. The number of anilines is 2. The minimum absolute atomic E-state index is 0.307. The maximum atomic E-state index is 4.79. The molecule has 0 saturated carbocycles. The van der Waals surface area contributed by atoms with Gasteiger partial charge in [0, 0.05) is 12.2 Å². The van der Waals surface area contributed by atoms with E-state index in [-0.39, 0.29) is 0 Å². The molecule has 0 aliphatic heterocycles. The summed E-state index contributed by atoms with van der Waals surface area (Å²) in [6.45, 7) is 15.5. The molecule has 156 valence electrons. The van der Waals surface area contributed by atoms with Crippen LogP contribution in [-0.2, 0) is 0 Å². The van der Waals surface area contributed by atoms with Crippen LogP contribution in [0.15, 0.2) is 6.07 Å². The van der Waals surface area contributed by atoms with E-state index in [1.165, 1.54) is 18.4 Å². The smallest absolute Gasteiger partial charge is 0.184 e. The summed E-state index contributed by atoms with van der Waals surface area (Å²) in [7, 11) is 0. The maximum Gasteiger partial charge on any atom is 0.184 e. The van der Waals surface area contributed by atoms with E-state index in [0.29, 0.717) is 6.04 Å². The third kappa shape index (κ3) is 4.09. The van der Waals surface area contributed by atoms with Crippen molar-refractivity contribution in [3.63, 3.8) is 0 Å². The van der Waals surface area contributed by atoms with Gasteiger partial charge in [0.05, 0.1) is 17.4 Å². The molecule has 1 unspecified atom stereocenters. The van der Waals surface area contributed by atoms with Gasteiger partial charge >= 0.3 is 0 Å². The van der Waals surface area contributed by atoms with Crippen molar-refractivity contribution in [2.45, 2.75) is 80.2 Å². The Balaban J connectivity index is 2.17. The van der Waals surface area contributed by atoms with E-state index < -0.39 is 0 Å². The van der Waals surface area contributed by atoms with E-state index in [2.05, 4.69) is 60.9 Å². The highest BCUT2D eigenvalue weighted by molar-refractivity contribution is 5.86. The topological polar surface area (TPSA) is 72.6 Å². The van der Waals surface area contributed by atoms with Crippen LogP contribution < -0.4 is 4.90 Å². The Labute approximate surface area is 173 Å². The molecule has 29 heavy (non-hydrogen) atoms. The highest BCUT2D eigenvalue weighted by Gasteiger charge is 2.24. The number of pyridine rings is 1. The second-order valence-electron chi connectivity index (χ2n) is 7.76. The summed E-state index contributed by atoms with van der Waals surface area (Å²) < 4.78 is 2.00. The Bertz CT molecular complexity index is 969. The summed E-state index contributed by atoms with van der Waals surface area (Å²) in [6.07, 6.45) is 4.44. The van der Waals surface area contributed by atoms with Gasteiger partial charge in [-0.2, -0.15) is 0 Å². The Morgan fingerprint density at radius 3 is 2.41 bits per heavy atom. The first-order chi connectivity index (χ1) is 13.9. The van der Waals surface area contributed by atoms with Gasteiger partial charge in [0.1, 0.15) is 5.82 Å². The molecule has 3 aromatic heterocycles. The van der Waals surface area contributed by atoms with Gasteiger partial charge in [0.25, 0.3) is 0 Å². The van der Waals surface area contributed by atoms with Crippen molar-refractivity contribution in [1.82, 2.24) is 29.9 Å². The third-order valence-electron chi connectivity index (χ3n) is 5.45. The Kier molecular flexibility index (Phi) is 6.45. The summed E-state index contributed by atoms with van der Waals surface area (Å²) in [5, 5.41) is 9.05. The largest absolute Gasteiger partial charge is 0.323 e. The molecular formula is C22H33N7. The number of fused-ring (bicyclic) bond motifs is 1. The van der Waals surface area contributed by atoms with Crippen LogP contribution in [0.1, 0.15) is 75.3 Å². The molecule has 7 heteroatoms. The van der Waals surface area contributed by atoms with Crippen LogP contribution in [0.5, 0.6) is 0 Å². The van der Waals surface area contributed by atoms with Gasteiger partial charge in [-0.25, -0.2) is 14.6 Å². The van der Waals surface area contributed by atoms with Crippen molar-refractivity contribution in [1.29, 1.82) is 0 Å². The predicted octanol–water partition coefficient (Wildman–Crippen LogP) is 5.15. The van der Waals surface area contributed by atoms with Crippen LogP contribution in [0.25, 0.3) is 11.2 Å². The molecule has 0 aliphatic carbocycles. The zero-order chi connectivity index (χ0) is 21.1. The molecule has 0 bridgehead atoms. The second kappa shape index (κ2) is 8.84. The molecule has 0 aromatic carbocycles. The summed E-state index contributed by atoms with van der Waals surface area (Å²) in [5.41, 5.74) is 5.87. The van der Waals surface area contributed by atoms with Crippen molar-refractivity contribution in [3.8, 4) is 0 Å². The van der Waals surface area contributed by atoms with E-state index in [1.807, 2.05) is 18.5 Å².